The number of hydrogen-bond donors (Lipinski definition) is 3. The topological polar surface area (TPSA) is 78.1 Å². The summed E-state index contributed by atoms with van der Waals surface area (Å²) in [6.45, 7) is 0.828. The fraction of sp³-hybridized carbons (Fsp3) is 0.200. The molecule has 0 aliphatic heterocycles. The summed E-state index contributed by atoms with van der Waals surface area (Å²) in [5.74, 6) is 5.67. The number of hydrogen-bond acceptors (Lipinski definition) is 3. The van der Waals surface area contributed by atoms with Crippen molar-refractivity contribution in [3.05, 3.63) is 29.3 Å². The van der Waals surface area contributed by atoms with Gasteiger partial charge >= 0.3 is 0 Å². The van der Waals surface area contributed by atoms with Gasteiger partial charge in [-0.3, -0.25) is 0 Å². The summed E-state index contributed by atoms with van der Waals surface area (Å²) in [5.41, 5.74) is 18.9. The third-order valence-electron chi connectivity index (χ3n) is 1.59. The van der Waals surface area contributed by atoms with Crippen molar-refractivity contribution in [3.63, 3.8) is 0 Å². The molecule has 0 bridgehead atoms. The quantitative estimate of drug-likeness (QED) is 0.416. The first kappa shape index (κ1) is 9.59. The minimum Gasteiger partial charge on any atom is -0.399 e. The van der Waals surface area contributed by atoms with Crippen molar-refractivity contribution in [1.82, 2.24) is 0 Å². The maximum absolute atomic E-state index is 5.65. The Labute approximate surface area is 77.9 Å². The third kappa shape index (κ3) is 2.79. The van der Waals surface area contributed by atoms with Crippen LogP contribution in [0.5, 0.6) is 0 Å². The van der Waals surface area contributed by atoms with Gasteiger partial charge in [0.2, 0.25) is 0 Å². The fourth-order valence-corrected chi connectivity index (χ4v) is 1.06. The molecule has 0 radical (unpaired) electrons. The summed E-state index contributed by atoms with van der Waals surface area (Å²) in [5, 5.41) is 0. The highest BCUT2D eigenvalue weighted by atomic mass is 14.6. The van der Waals surface area contributed by atoms with Gasteiger partial charge in [0.25, 0.3) is 0 Å². The first-order chi connectivity index (χ1) is 6.26. The van der Waals surface area contributed by atoms with Gasteiger partial charge in [-0.1, -0.05) is 11.8 Å². The summed E-state index contributed by atoms with van der Waals surface area (Å²) in [7, 11) is 0. The van der Waals surface area contributed by atoms with Gasteiger partial charge in [0.05, 0.1) is 6.54 Å². The first-order valence-corrected chi connectivity index (χ1v) is 4.04. The molecule has 0 aromatic heterocycles. The van der Waals surface area contributed by atoms with Crippen molar-refractivity contribution in [2.45, 2.75) is 6.54 Å². The van der Waals surface area contributed by atoms with Crippen molar-refractivity contribution in [2.75, 3.05) is 12.3 Å². The monoisotopic (exact) mass is 175 g/mol. The standard InChI is InChI=1S/C10H13N3/c11-3-1-2-8-4-9(7-12)6-10(13)5-8/h4-6H,3,7,11-13H2. The number of nitrogens with two attached hydrogens (primary N) is 3. The molecule has 3 heteroatoms. The Morgan fingerprint density at radius 1 is 1.15 bits per heavy atom. The van der Waals surface area contributed by atoms with Crippen molar-refractivity contribution in [1.29, 1.82) is 0 Å². The number of nitrogen functional groups attached to an aromatic ring is 1. The lowest BCUT2D eigenvalue weighted by Gasteiger charge is -2.00. The third-order valence-corrected chi connectivity index (χ3v) is 1.59. The van der Waals surface area contributed by atoms with Gasteiger partial charge in [-0.05, 0) is 23.8 Å². The average Bonchev–Trinajstić information content (AvgIpc) is 2.14. The number of benzene rings is 1. The molecule has 13 heavy (non-hydrogen) atoms. The highest BCUT2D eigenvalue weighted by molar-refractivity contribution is 5.50. The van der Waals surface area contributed by atoms with E-state index in [4.69, 9.17) is 17.2 Å². The molecule has 0 aliphatic carbocycles. The molecule has 0 heterocycles. The zero-order chi connectivity index (χ0) is 9.68. The van der Waals surface area contributed by atoms with E-state index in [0.717, 1.165) is 11.1 Å². The molecule has 1 aromatic rings. The molecule has 0 atom stereocenters. The van der Waals surface area contributed by atoms with E-state index >= 15 is 0 Å². The second-order valence-electron chi connectivity index (χ2n) is 2.67. The van der Waals surface area contributed by atoms with E-state index in [1.54, 1.807) is 0 Å². The van der Waals surface area contributed by atoms with Crippen molar-refractivity contribution >= 4 is 5.69 Å². The van der Waals surface area contributed by atoms with Crippen LogP contribution in [0, 0.1) is 11.8 Å². The Bertz CT molecular complexity index is 347. The van der Waals surface area contributed by atoms with Crippen LogP contribution >= 0.6 is 0 Å². The Balaban J connectivity index is 3.01. The Kier molecular flexibility index (Phi) is 3.32. The normalized spacial score (nSPS) is 9.08. The van der Waals surface area contributed by atoms with Gasteiger partial charge in [0, 0.05) is 17.8 Å². The number of rotatable bonds is 1. The van der Waals surface area contributed by atoms with E-state index in [9.17, 15) is 0 Å². The lowest BCUT2D eigenvalue weighted by molar-refractivity contribution is 1.07. The van der Waals surface area contributed by atoms with Crippen LogP contribution in [0.3, 0.4) is 0 Å². The van der Waals surface area contributed by atoms with Crippen molar-refractivity contribution < 1.29 is 0 Å². The minimum absolute atomic E-state index is 0.354. The van der Waals surface area contributed by atoms with E-state index in [-0.39, 0.29) is 0 Å². The van der Waals surface area contributed by atoms with Crippen LogP contribution in [-0.2, 0) is 6.54 Å². The molecule has 0 aliphatic rings. The highest BCUT2D eigenvalue weighted by Gasteiger charge is 1.94. The second kappa shape index (κ2) is 4.51. The largest absolute Gasteiger partial charge is 0.399 e. The number of anilines is 1. The molecule has 0 unspecified atom stereocenters. The van der Waals surface area contributed by atoms with Crippen LogP contribution in [0.15, 0.2) is 18.2 Å². The second-order valence-corrected chi connectivity index (χ2v) is 2.67. The average molecular weight is 175 g/mol. The van der Waals surface area contributed by atoms with Crippen LogP contribution in [0.1, 0.15) is 11.1 Å². The van der Waals surface area contributed by atoms with Crippen LogP contribution in [0.2, 0.25) is 0 Å². The maximum atomic E-state index is 5.65. The van der Waals surface area contributed by atoms with Gasteiger partial charge in [0.15, 0.2) is 0 Å². The summed E-state index contributed by atoms with van der Waals surface area (Å²) < 4.78 is 0. The van der Waals surface area contributed by atoms with Crippen LogP contribution in [0.4, 0.5) is 5.69 Å². The SMILES string of the molecule is NCC#Cc1cc(N)cc(CN)c1. The zero-order valence-corrected chi connectivity index (χ0v) is 7.38. The summed E-state index contributed by atoms with van der Waals surface area (Å²) in [6, 6.07) is 5.56. The summed E-state index contributed by atoms with van der Waals surface area (Å²) >= 11 is 0. The first-order valence-electron chi connectivity index (χ1n) is 4.04. The van der Waals surface area contributed by atoms with E-state index in [0.29, 0.717) is 18.8 Å². The van der Waals surface area contributed by atoms with E-state index < -0.39 is 0 Å². The molecule has 0 saturated heterocycles. The van der Waals surface area contributed by atoms with E-state index in [2.05, 4.69) is 11.8 Å². The van der Waals surface area contributed by atoms with E-state index in [1.807, 2.05) is 18.2 Å². The Morgan fingerprint density at radius 3 is 2.54 bits per heavy atom. The highest BCUT2D eigenvalue weighted by Crippen LogP contribution is 2.10. The minimum atomic E-state index is 0.354. The molecule has 1 aromatic carbocycles. The molecule has 0 saturated carbocycles. The molecule has 0 fully saturated rings. The van der Waals surface area contributed by atoms with E-state index in [1.165, 1.54) is 0 Å². The Hall–Kier alpha value is -1.50. The molecule has 68 valence electrons. The van der Waals surface area contributed by atoms with Gasteiger partial charge < -0.3 is 17.2 Å². The van der Waals surface area contributed by atoms with Crippen molar-refractivity contribution in [3.8, 4) is 11.8 Å². The lowest BCUT2D eigenvalue weighted by Crippen LogP contribution is -1.99. The van der Waals surface area contributed by atoms with Crippen molar-refractivity contribution in [2.24, 2.45) is 11.5 Å². The molecular weight excluding hydrogens is 162 g/mol. The molecule has 1 rings (SSSR count). The lowest BCUT2D eigenvalue weighted by atomic mass is 10.1. The zero-order valence-electron chi connectivity index (χ0n) is 7.38. The smallest absolute Gasteiger partial charge is 0.0555 e. The fourth-order valence-electron chi connectivity index (χ4n) is 1.06. The molecule has 0 amide bonds. The van der Waals surface area contributed by atoms with Crippen LogP contribution in [-0.4, -0.2) is 6.54 Å². The molecule has 6 N–H and O–H groups in total. The van der Waals surface area contributed by atoms with Gasteiger partial charge in [0.1, 0.15) is 0 Å². The summed E-state index contributed by atoms with van der Waals surface area (Å²) in [4.78, 5) is 0. The molecule has 0 spiro atoms. The predicted molar refractivity (Wildman–Crippen MR) is 54.7 cm³/mol. The molecule has 3 nitrogen and oxygen atoms in total. The molecular formula is C10H13N3. The Morgan fingerprint density at radius 2 is 1.92 bits per heavy atom. The van der Waals surface area contributed by atoms with Gasteiger partial charge in [-0.15, -0.1) is 0 Å². The van der Waals surface area contributed by atoms with Gasteiger partial charge in [-0.25, -0.2) is 0 Å². The van der Waals surface area contributed by atoms with Gasteiger partial charge in [-0.2, -0.15) is 0 Å². The summed E-state index contributed by atoms with van der Waals surface area (Å²) in [6.07, 6.45) is 0. The maximum Gasteiger partial charge on any atom is 0.0555 e. The predicted octanol–water partition coefficient (Wildman–Crippen LogP) is 0.0377. The van der Waals surface area contributed by atoms with Crippen LogP contribution in [0.25, 0.3) is 0 Å². The van der Waals surface area contributed by atoms with Crippen LogP contribution < -0.4 is 17.2 Å².